The van der Waals surface area contributed by atoms with Crippen LogP contribution in [0.4, 0.5) is 4.79 Å². The topological polar surface area (TPSA) is 72.3 Å². The average molecular weight is 329 g/mol. The second kappa shape index (κ2) is 7.92. The number of benzene rings is 1. The van der Waals surface area contributed by atoms with E-state index in [2.05, 4.69) is 27.5 Å². The molecule has 7 nitrogen and oxygen atoms in total. The predicted molar refractivity (Wildman–Crippen MR) is 89.5 cm³/mol. The van der Waals surface area contributed by atoms with E-state index >= 15 is 0 Å². The van der Waals surface area contributed by atoms with Gasteiger partial charge in [-0.3, -0.25) is 4.68 Å². The summed E-state index contributed by atoms with van der Waals surface area (Å²) in [5, 5.41) is 7.07. The first-order chi connectivity index (χ1) is 11.7. The highest BCUT2D eigenvalue weighted by atomic mass is 16.5. The van der Waals surface area contributed by atoms with Gasteiger partial charge in [-0.2, -0.15) is 5.10 Å². The first kappa shape index (κ1) is 16.4. The number of morpholine rings is 1. The number of rotatable bonds is 5. The number of urea groups is 1. The lowest BCUT2D eigenvalue weighted by Crippen LogP contribution is -2.52. The molecule has 128 valence electrons. The van der Waals surface area contributed by atoms with Crippen LogP contribution >= 0.6 is 0 Å². The third kappa shape index (κ3) is 4.55. The predicted octanol–water partition coefficient (Wildman–Crippen LogP) is 1.32. The third-order valence-electron chi connectivity index (χ3n) is 4.03. The first-order valence-electron chi connectivity index (χ1n) is 8.24. The Bertz CT molecular complexity index is 632. The molecule has 24 heavy (non-hydrogen) atoms. The fourth-order valence-corrected chi connectivity index (χ4v) is 2.86. The van der Waals surface area contributed by atoms with Crippen LogP contribution in [-0.4, -0.2) is 57.5 Å². The Labute approximate surface area is 141 Å². The van der Waals surface area contributed by atoms with E-state index in [1.54, 1.807) is 11.0 Å². The Hall–Kier alpha value is -2.41. The fourth-order valence-electron chi connectivity index (χ4n) is 2.86. The Morgan fingerprint density at radius 3 is 3.00 bits per heavy atom. The van der Waals surface area contributed by atoms with Crippen molar-refractivity contribution in [3.05, 3.63) is 48.5 Å². The normalized spacial score (nSPS) is 19.0. The van der Waals surface area contributed by atoms with Crippen molar-refractivity contribution in [1.82, 2.24) is 25.0 Å². The van der Waals surface area contributed by atoms with Gasteiger partial charge in [-0.25, -0.2) is 9.78 Å². The van der Waals surface area contributed by atoms with E-state index in [0.717, 1.165) is 6.42 Å². The van der Waals surface area contributed by atoms with Crippen LogP contribution in [0.5, 0.6) is 0 Å². The monoisotopic (exact) mass is 329 g/mol. The van der Waals surface area contributed by atoms with Crippen LogP contribution in [0.15, 0.2) is 43.0 Å². The molecule has 2 aromatic rings. The summed E-state index contributed by atoms with van der Waals surface area (Å²) in [5.74, 6) is 0. The lowest BCUT2D eigenvalue weighted by Gasteiger charge is -2.33. The Kier molecular flexibility index (Phi) is 5.43. The minimum atomic E-state index is -0.0519. The number of ether oxygens (including phenoxy) is 1. The molecule has 3 rings (SSSR count). The standard InChI is InChI=1S/C17H23N5O2/c1-14(10-22-13-18-12-19-22)20-17(23)21-7-8-24-16(11-21)9-15-5-3-2-4-6-15/h2-6,12-14,16H,7-11H2,1H3,(H,20,23)/t14-,16+/m1/s1. The number of amides is 2. The van der Waals surface area contributed by atoms with Crippen molar-refractivity contribution >= 4 is 6.03 Å². The molecule has 0 saturated carbocycles. The van der Waals surface area contributed by atoms with Gasteiger partial charge in [-0.1, -0.05) is 30.3 Å². The van der Waals surface area contributed by atoms with Gasteiger partial charge in [0.1, 0.15) is 12.7 Å². The number of aromatic nitrogens is 3. The largest absolute Gasteiger partial charge is 0.374 e. The lowest BCUT2D eigenvalue weighted by atomic mass is 10.1. The number of carbonyl (C=O) groups is 1. The molecule has 7 heteroatoms. The molecule has 1 aliphatic rings. The van der Waals surface area contributed by atoms with Crippen LogP contribution in [-0.2, 0) is 17.7 Å². The molecule has 1 aromatic carbocycles. The summed E-state index contributed by atoms with van der Waals surface area (Å²) in [6, 6.07) is 10.1. The van der Waals surface area contributed by atoms with Gasteiger partial charge in [0.25, 0.3) is 0 Å². The van der Waals surface area contributed by atoms with Crippen molar-refractivity contribution < 1.29 is 9.53 Å². The van der Waals surface area contributed by atoms with Gasteiger partial charge < -0.3 is 15.0 Å². The number of nitrogens with one attached hydrogen (secondary N) is 1. The van der Waals surface area contributed by atoms with E-state index in [1.807, 2.05) is 30.0 Å². The zero-order valence-corrected chi connectivity index (χ0v) is 13.8. The maximum absolute atomic E-state index is 12.4. The van der Waals surface area contributed by atoms with Crippen molar-refractivity contribution in [2.75, 3.05) is 19.7 Å². The summed E-state index contributed by atoms with van der Waals surface area (Å²) in [6.45, 7) is 4.36. The minimum absolute atomic E-state index is 0.0189. The van der Waals surface area contributed by atoms with Gasteiger partial charge in [0, 0.05) is 25.6 Å². The van der Waals surface area contributed by atoms with E-state index in [0.29, 0.717) is 26.2 Å². The SMILES string of the molecule is C[C@H](Cn1cncn1)NC(=O)N1CCO[C@@H](Cc2ccccc2)C1. The number of nitrogens with zero attached hydrogens (tertiary/aromatic N) is 4. The highest BCUT2D eigenvalue weighted by molar-refractivity contribution is 5.74. The summed E-state index contributed by atoms with van der Waals surface area (Å²) in [4.78, 5) is 18.2. The van der Waals surface area contributed by atoms with E-state index < -0.39 is 0 Å². The van der Waals surface area contributed by atoms with Gasteiger partial charge in [0.05, 0.1) is 19.3 Å². The molecule has 0 bridgehead atoms. The van der Waals surface area contributed by atoms with Crippen LogP contribution in [0.2, 0.25) is 0 Å². The van der Waals surface area contributed by atoms with Gasteiger partial charge >= 0.3 is 6.03 Å². The molecule has 0 unspecified atom stereocenters. The van der Waals surface area contributed by atoms with Gasteiger partial charge in [0.15, 0.2) is 0 Å². The molecule has 1 aliphatic heterocycles. The molecule has 0 radical (unpaired) electrons. The van der Waals surface area contributed by atoms with E-state index in [1.165, 1.54) is 11.9 Å². The van der Waals surface area contributed by atoms with E-state index in [9.17, 15) is 4.79 Å². The third-order valence-corrected chi connectivity index (χ3v) is 4.03. The molecule has 1 fully saturated rings. The molecule has 0 aliphatic carbocycles. The van der Waals surface area contributed by atoms with Crippen LogP contribution < -0.4 is 5.32 Å². The van der Waals surface area contributed by atoms with Crippen LogP contribution in [0, 0.1) is 0 Å². The Morgan fingerprint density at radius 1 is 1.42 bits per heavy atom. The Balaban J connectivity index is 1.49. The van der Waals surface area contributed by atoms with Crippen molar-refractivity contribution in [3.8, 4) is 0 Å². The number of hydrogen-bond acceptors (Lipinski definition) is 4. The summed E-state index contributed by atoms with van der Waals surface area (Å²) >= 11 is 0. The van der Waals surface area contributed by atoms with E-state index in [-0.39, 0.29) is 18.2 Å². The molecular weight excluding hydrogens is 306 g/mol. The molecular formula is C17H23N5O2. The zero-order valence-electron chi connectivity index (χ0n) is 13.8. The lowest BCUT2D eigenvalue weighted by molar-refractivity contribution is -0.0136. The van der Waals surface area contributed by atoms with Crippen LogP contribution in [0.25, 0.3) is 0 Å². The quantitative estimate of drug-likeness (QED) is 0.898. The maximum Gasteiger partial charge on any atom is 0.317 e. The van der Waals surface area contributed by atoms with Crippen molar-refractivity contribution in [1.29, 1.82) is 0 Å². The first-order valence-corrected chi connectivity index (χ1v) is 8.24. The average Bonchev–Trinajstić information content (AvgIpc) is 3.09. The second-order valence-corrected chi connectivity index (χ2v) is 6.10. The highest BCUT2D eigenvalue weighted by Gasteiger charge is 2.25. The van der Waals surface area contributed by atoms with Crippen molar-refractivity contribution in [2.45, 2.75) is 32.0 Å². The Morgan fingerprint density at radius 2 is 2.25 bits per heavy atom. The van der Waals surface area contributed by atoms with Gasteiger partial charge in [-0.15, -0.1) is 0 Å². The van der Waals surface area contributed by atoms with Crippen LogP contribution in [0.3, 0.4) is 0 Å². The molecule has 2 amide bonds. The summed E-state index contributed by atoms with van der Waals surface area (Å²) in [7, 11) is 0. The second-order valence-electron chi connectivity index (χ2n) is 6.10. The summed E-state index contributed by atoms with van der Waals surface area (Å²) in [6.07, 6.45) is 3.99. The summed E-state index contributed by atoms with van der Waals surface area (Å²) in [5.41, 5.74) is 1.23. The molecule has 1 N–H and O–H groups in total. The molecule has 1 aromatic heterocycles. The number of hydrogen-bond donors (Lipinski definition) is 1. The molecule has 2 atom stereocenters. The molecule has 2 heterocycles. The molecule has 1 saturated heterocycles. The van der Waals surface area contributed by atoms with Crippen molar-refractivity contribution in [2.24, 2.45) is 0 Å². The van der Waals surface area contributed by atoms with Gasteiger partial charge in [0.2, 0.25) is 0 Å². The maximum atomic E-state index is 12.4. The minimum Gasteiger partial charge on any atom is -0.374 e. The van der Waals surface area contributed by atoms with Gasteiger partial charge in [-0.05, 0) is 12.5 Å². The highest BCUT2D eigenvalue weighted by Crippen LogP contribution is 2.12. The molecule has 0 spiro atoms. The zero-order chi connectivity index (χ0) is 16.8. The van der Waals surface area contributed by atoms with E-state index in [4.69, 9.17) is 4.74 Å². The van der Waals surface area contributed by atoms with Crippen molar-refractivity contribution in [3.63, 3.8) is 0 Å². The fraction of sp³-hybridized carbons (Fsp3) is 0.471. The summed E-state index contributed by atoms with van der Waals surface area (Å²) < 4.78 is 7.52. The number of carbonyl (C=O) groups excluding carboxylic acids is 1. The smallest absolute Gasteiger partial charge is 0.317 e. The van der Waals surface area contributed by atoms with Crippen LogP contribution in [0.1, 0.15) is 12.5 Å².